The summed E-state index contributed by atoms with van der Waals surface area (Å²) in [6.45, 7) is 2.53. The molecule has 20 heavy (non-hydrogen) atoms. The SMILES string of the molecule is CC(=O)Oc1c(Cl)c(Cl)c(OC(C)=O)c2ccccc12. The van der Waals surface area contributed by atoms with Crippen LogP contribution >= 0.6 is 23.2 Å². The number of esters is 2. The van der Waals surface area contributed by atoms with Crippen molar-refractivity contribution >= 4 is 45.9 Å². The Balaban J connectivity index is 2.80. The van der Waals surface area contributed by atoms with Gasteiger partial charge in [0.05, 0.1) is 0 Å². The molecular weight excluding hydrogens is 303 g/mol. The summed E-state index contributed by atoms with van der Waals surface area (Å²) in [5.41, 5.74) is 0. The second-order valence-electron chi connectivity index (χ2n) is 4.02. The molecular formula is C14H10Cl2O4. The number of benzene rings is 2. The first-order valence-electron chi connectivity index (χ1n) is 5.68. The van der Waals surface area contributed by atoms with Crippen LogP contribution in [0.4, 0.5) is 0 Å². The Hall–Kier alpha value is -1.78. The number of ether oxygens (including phenoxy) is 2. The predicted molar refractivity (Wildman–Crippen MR) is 76.6 cm³/mol. The predicted octanol–water partition coefficient (Wildman–Crippen LogP) is 4.00. The summed E-state index contributed by atoms with van der Waals surface area (Å²) in [4.78, 5) is 22.3. The molecule has 0 aliphatic heterocycles. The van der Waals surface area contributed by atoms with E-state index in [0.29, 0.717) is 10.8 Å². The second-order valence-corrected chi connectivity index (χ2v) is 4.78. The number of fused-ring (bicyclic) bond motifs is 1. The highest BCUT2D eigenvalue weighted by molar-refractivity contribution is 6.45. The Labute approximate surface area is 125 Å². The lowest BCUT2D eigenvalue weighted by Crippen LogP contribution is -2.06. The summed E-state index contributed by atoms with van der Waals surface area (Å²) in [5.74, 6) is -0.743. The van der Waals surface area contributed by atoms with Gasteiger partial charge in [-0.3, -0.25) is 9.59 Å². The number of rotatable bonds is 2. The molecule has 0 radical (unpaired) electrons. The van der Waals surface area contributed by atoms with Gasteiger partial charge in [-0.2, -0.15) is 0 Å². The maximum atomic E-state index is 11.2. The average Bonchev–Trinajstić information content (AvgIpc) is 2.39. The molecule has 4 nitrogen and oxygen atoms in total. The lowest BCUT2D eigenvalue weighted by Gasteiger charge is -2.14. The summed E-state index contributed by atoms with van der Waals surface area (Å²) >= 11 is 12.2. The van der Waals surface area contributed by atoms with E-state index in [-0.39, 0.29) is 21.5 Å². The third kappa shape index (κ3) is 2.71. The number of halogens is 2. The maximum absolute atomic E-state index is 11.2. The molecule has 0 fully saturated rings. The Morgan fingerprint density at radius 3 is 1.50 bits per heavy atom. The number of carbonyl (C=O) groups excluding carboxylic acids is 2. The molecule has 6 heteroatoms. The van der Waals surface area contributed by atoms with Crippen molar-refractivity contribution in [2.45, 2.75) is 13.8 Å². The van der Waals surface area contributed by atoms with Gasteiger partial charge in [0.2, 0.25) is 0 Å². The Bertz CT molecular complexity index is 649. The molecule has 0 N–H and O–H groups in total. The highest BCUT2D eigenvalue weighted by atomic mass is 35.5. The van der Waals surface area contributed by atoms with Crippen molar-refractivity contribution in [1.82, 2.24) is 0 Å². The van der Waals surface area contributed by atoms with Crippen LogP contribution in [-0.4, -0.2) is 11.9 Å². The van der Waals surface area contributed by atoms with Crippen molar-refractivity contribution in [1.29, 1.82) is 0 Å². The molecule has 0 atom stereocenters. The molecule has 2 rings (SSSR count). The van der Waals surface area contributed by atoms with E-state index < -0.39 is 11.9 Å². The van der Waals surface area contributed by atoms with Gasteiger partial charge in [0.1, 0.15) is 10.0 Å². The highest BCUT2D eigenvalue weighted by Gasteiger charge is 2.21. The first-order valence-corrected chi connectivity index (χ1v) is 6.44. The zero-order valence-electron chi connectivity index (χ0n) is 10.7. The van der Waals surface area contributed by atoms with Gasteiger partial charge in [-0.15, -0.1) is 0 Å². The minimum Gasteiger partial charge on any atom is -0.424 e. The van der Waals surface area contributed by atoms with Crippen molar-refractivity contribution in [3.05, 3.63) is 34.3 Å². The fourth-order valence-corrected chi connectivity index (χ4v) is 2.25. The standard InChI is InChI=1S/C14H10Cl2O4/c1-7(17)19-13-9-5-3-4-6-10(9)14(20-8(2)18)12(16)11(13)15/h3-6H,1-2H3. The molecule has 0 unspecified atom stereocenters. The van der Waals surface area contributed by atoms with Crippen molar-refractivity contribution in [3.63, 3.8) is 0 Å². The fourth-order valence-electron chi connectivity index (χ4n) is 1.80. The third-order valence-corrected chi connectivity index (χ3v) is 3.32. The van der Waals surface area contributed by atoms with E-state index in [2.05, 4.69) is 0 Å². The van der Waals surface area contributed by atoms with Gasteiger partial charge in [0, 0.05) is 24.6 Å². The third-order valence-electron chi connectivity index (χ3n) is 2.50. The molecule has 2 aromatic carbocycles. The quantitative estimate of drug-likeness (QED) is 0.621. The van der Waals surface area contributed by atoms with Gasteiger partial charge in [-0.25, -0.2) is 0 Å². The van der Waals surface area contributed by atoms with Gasteiger partial charge in [0.15, 0.2) is 11.5 Å². The normalized spacial score (nSPS) is 10.4. The van der Waals surface area contributed by atoms with Crippen molar-refractivity contribution in [3.8, 4) is 11.5 Å². The van der Waals surface area contributed by atoms with Crippen LogP contribution in [0, 0.1) is 0 Å². The zero-order chi connectivity index (χ0) is 14.9. The van der Waals surface area contributed by atoms with Crippen LogP contribution < -0.4 is 9.47 Å². The fraction of sp³-hybridized carbons (Fsp3) is 0.143. The van der Waals surface area contributed by atoms with E-state index in [0.717, 1.165) is 0 Å². The van der Waals surface area contributed by atoms with E-state index in [1.807, 2.05) is 0 Å². The van der Waals surface area contributed by atoms with Crippen LogP contribution in [0.5, 0.6) is 11.5 Å². The lowest BCUT2D eigenvalue weighted by atomic mass is 10.1. The zero-order valence-corrected chi connectivity index (χ0v) is 12.2. The molecule has 0 amide bonds. The van der Waals surface area contributed by atoms with Crippen LogP contribution in [0.15, 0.2) is 24.3 Å². The van der Waals surface area contributed by atoms with Crippen LogP contribution in [0.3, 0.4) is 0 Å². The number of carbonyl (C=O) groups is 2. The first kappa shape index (κ1) is 14.6. The van der Waals surface area contributed by atoms with Gasteiger partial charge in [0.25, 0.3) is 0 Å². The summed E-state index contributed by atoms with van der Waals surface area (Å²) < 4.78 is 10.2. The second kappa shape index (κ2) is 5.69. The van der Waals surface area contributed by atoms with E-state index in [1.165, 1.54) is 13.8 Å². The number of hydrogen-bond acceptors (Lipinski definition) is 4. The van der Waals surface area contributed by atoms with Crippen LogP contribution in [-0.2, 0) is 9.59 Å². The van der Waals surface area contributed by atoms with E-state index in [4.69, 9.17) is 32.7 Å². The minimum atomic E-state index is -0.520. The molecule has 0 heterocycles. The minimum absolute atomic E-state index is 0.0248. The molecule has 104 valence electrons. The largest absolute Gasteiger partial charge is 0.424 e. The first-order chi connectivity index (χ1) is 9.41. The Morgan fingerprint density at radius 1 is 0.850 bits per heavy atom. The van der Waals surface area contributed by atoms with Crippen LogP contribution in [0.1, 0.15) is 13.8 Å². The molecule has 0 saturated heterocycles. The topological polar surface area (TPSA) is 52.6 Å². The summed E-state index contributed by atoms with van der Waals surface area (Å²) in [6, 6.07) is 6.89. The molecule has 0 aliphatic carbocycles. The molecule has 0 bridgehead atoms. The van der Waals surface area contributed by atoms with Crippen LogP contribution in [0.2, 0.25) is 10.0 Å². The monoisotopic (exact) mass is 312 g/mol. The summed E-state index contributed by atoms with van der Waals surface area (Å²) in [7, 11) is 0. The van der Waals surface area contributed by atoms with Crippen molar-refractivity contribution in [2.75, 3.05) is 0 Å². The van der Waals surface area contributed by atoms with E-state index in [9.17, 15) is 9.59 Å². The summed E-state index contributed by atoms with van der Waals surface area (Å²) in [5, 5.41) is 1.12. The van der Waals surface area contributed by atoms with Gasteiger partial charge in [-0.1, -0.05) is 47.5 Å². The van der Waals surface area contributed by atoms with Gasteiger partial charge >= 0.3 is 11.9 Å². The van der Waals surface area contributed by atoms with Crippen molar-refractivity contribution < 1.29 is 19.1 Å². The van der Waals surface area contributed by atoms with Crippen LogP contribution in [0.25, 0.3) is 10.8 Å². The Kier molecular flexibility index (Phi) is 4.16. The maximum Gasteiger partial charge on any atom is 0.308 e. The van der Waals surface area contributed by atoms with Gasteiger partial charge < -0.3 is 9.47 Å². The molecule has 0 spiro atoms. The molecule has 0 aromatic heterocycles. The molecule has 0 saturated carbocycles. The van der Waals surface area contributed by atoms with Gasteiger partial charge in [-0.05, 0) is 0 Å². The van der Waals surface area contributed by atoms with Crippen molar-refractivity contribution in [2.24, 2.45) is 0 Å². The number of hydrogen-bond donors (Lipinski definition) is 0. The summed E-state index contributed by atoms with van der Waals surface area (Å²) in [6.07, 6.45) is 0. The average molecular weight is 313 g/mol. The van der Waals surface area contributed by atoms with E-state index >= 15 is 0 Å². The van der Waals surface area contributed by atoms with E-state index in [1.54, 1.807) is 24.3 Å². The molecule has 0 aliphatic rings. The molecule has 2 aromatic rings. The smallest absolute Gasteiger partial charge is 0.308 e. The Morgan fingerprint density at radius 2 is 1.20 bits per heavy atom. The highest BCUT2D eigenvalue weighted by Crippen LogP contribution is 2.46. The lowest BCUT2D eigenvalue weighted by molar-refractivity contribution is -0.132.